The van der Waals surface area contributed by atoms with E-state index in [9.17, 15) is 14.7 Å². The first-order chi connectivity index (χ1) is 18.0. The molecule has 0 saturated carbocycles. The summed E-state index contributed by atoms with van der Waals surface area (Å²) in [6, 6.07) is 0. The first-order valence-electron chi connectivity index (χ1n) is 15.7. The van der Waals surface area contributed by atoms with Crippen molar-refractivity contribution in [1.29, 1.82) is 0 Å². The lowest BCUT2D eigenvalue weighted by atomic mass is 10.1. The van der Waals surface area contributed by atoms with Crippen molar-refractivity contribution in [2.75, 3.05) is 32.8 Å². The molecule has 0 aliphatic carbocycles. The topological polar surface area (TPSA) is 76.1 Å². The first kappa shape index (κ1) is 35.9. The minimum atomic E-state index is -0.0655. The quantitative estimate of drug-likeness (QED) is 0.0834. The van der Waals surface area contributed by atoms with Crippen LogP contribution in [0.3, 0.4) is 0 Å². The zero-order chi connectivity index (χ0) is 27.4. The number of hydrogen-bond acceptors (Lipinski definition) is 6. The molecule has 37 heavy (non-hydrogen) atoms. The van der Waals surface area contributed by atoms with Crippen molar-refractivity contribution in [1.82, 2.24) is 4.90 Å². The van der Waals surface area contributed by atoms with Crippen LogP contribution in [0.1, 0.15) is 149 Å². The van der Waals surface area contributed by atoms with E-state index in [1.165, 1.54) is 44.9 Å². The number of aliphatic hydroxyl groups excluding tert-OH is 1. The van der Waals surface area contributed by atoms with Crippen molar-refractivity contribution in [2.24, 2.45) is 0 Å². The lowest BCUT2D eigenvalue weighted by Gasteiger charge is -2.21. The van der Waals surface area contributed by atoms with Gasteiger partial charge in [-0.2, -0.15) is 0 Å². The molecule has 1 N–H and O–H groups in total. The lowest BCUT2D eigenvalue weighted by Crippen LogP contribution is -2.29. The van der Waals surface area contributed by atoms with Crippen LogP contribution in [-0.2, 0) is 19.1 Å². The van der Waals surface area contributed by atoms with Crippen LogP contribution in [0.15, 0.2) is 0 Å². The van der Waals surface area contributed by atoms with Gasteiger partial charge in [0.25, 0.3) is 0 Å². The molecule has 6 nitrogen and oxygen atoms in total. The summed E-state index contributed by atoms with van der Waals surface area (Å²) in [6.45, 7) is 9.81. The van der Waals surface area contributed by atoms with Crippen molar-refractivity contribution in [3.8, 4) is 0 Å². The Morgan fingerprint density at radius 1 is 0.649 bits per heavy atom. The molecule has 0 aliphatic heterocycles. The van der Waals surface area contributed by atoms with Gasteiger partial charge in [0.2, 0.25) is 0 Å². The number of nitrogens with zero attached hydrogens (tertiary/aromatic N) is 1. The Balaban J connectivity index is 3.64. The predicted octanol–water partition coefficient (Wildman–Crippen LogP) is 7.60. The van der Waals surface area contributed by atoms with Gasteiger partial charge in [0.15, 0.2) is 0 Å². The molecule has 1 atom stereocenters. The number of hydrogen-bond donors (Lipinski definition) is 1. The largest absolute Gasteiger partial charge is 0.466 e. The summed E-state index contributed by atoms with van der Waals surface area (Å²) in [5.41, 5.74) is 0. The van der Waals surface area contributed by atoms with Crippen LogP contribution in [0.25, 0.3) is 0 Å². The molecular weight excluding hydrogens is 466 g/mol. The lowest BCUT2D eigenvalue weighted by molar-refractivity contribution is -0.148. The summed E-state index contributed by atoms with van der Waals surface area (Å²) in [4.78, 5) is 25.9. The van der Waals surface area contributed by atoms with E-state index in [1.807, 2.05) is 13.8 Å². The van der Waals surface area contributed by atoms with E-state index in [0.29, 0.717) is 19.4 Å². The van der Waals surface area contributed by atoms with Gasteiger partial charge in [-0.05, 0) is 65.0 Å². The standard InChI is InChI=1S/C31H61NO5/c1-4-6-7-8-11-16-21-29(3)37-31(35)23-18-13-10-15-20-25-32(26-27-33)24-19-14-9-12-17-22-30(34)36-28-5-2/h29,33H,4-28H2,1-3H3. The van der Waals surface area contributed by atoms with E-state index in [1.54, 1.807) is 0 Å². The Morgan fingerprint density at radius 2 is 1.16 bits per heavy atom. The summed E-state index contributed by atoms with van der Waals surface area (Å²) >= 11 is 0. The molecule has 0 aromatic carbocycles. The second-order valence-corrected chi connectivity index (χ2v) is 10.7. The molecule has 0 heterocycles. The Labute approximate surface area is 229 Å². The molecule has 0 bridgehead atoms. The molecule has 0 spiro atoms. The molecule has 0 fully saturated rings. The molecule has 220 valence electrons. The molecule has 0 aromatic heterocycles. The van der Waals surface area contributed by atoms with Crippen LogP contribution in [-0.4, -0.2) is 60.9 Å². The van der Waals surface area contributed by atoms with Crippen molar-refractivity contribution in [3.63, 3.8) is 0 Å². The van der Waals surface area contributed by atoms with E-state index < -0.39 is 0 Å². The van der Waals surface area contributed by atoms with Crippen LogP contribution in [0, 0.1) is 0 Å². The summed E-state index contributed by atoms with van der Waals surface area (Å²) in [6.07, 6.45) is 21.5. The predicted molar refractivity (Wildman–Crippen MR) is 154 cm³/mol. The van der Waals surface area contributed by atoms with E-state index in [4.69, 9.17) is 9.47 Å². The van der Waals surface area contributed by atoms with Gasteiger partial charge in [0.1, 0.15) is 0 Å². The molecule has 0 aliphatic rings. The number of rotatable bonds is 28. The van der Waals surface area contributed by atoms with E-state index in [2.05, 4.69) is 11.8 Å². The van der Waals surface area contributed by atoms with Gasteiger partial charge in [-0.25, -0.2) is 0 Å². The number of ether oxygens (including phenoxy) is 2. The summed E-state index contributed by atoms with van der Waals surface area (Å²) < 4.78 is 10.7. The third kappa shape index (κ3) is 26.3. The van der Waals surface area contributed by atoms with Crippen LogP contribution in [0.2, 0.25) is 0 Å². The Hall–Kier alpha value is -1.14. The smallest absolute Gasteiger partial charge is 0.306 e. The minimum Gasteiger partial charge on any atom is -0.466 e. The van der Waals surface area contributed by atoms with Crippen LogP contribution in [0.4, 0.5) is 0 Å². The van der Waals surface area contributed by atoms with Gasteiger partial charge in [0, 0.05) is 19.4 Å². The minimum absolute atomic E-state index is 0.0379. The summed E-state index contributed by atoms with van der Waals surface area (Å²) in [7, 11) is 0. The Bertz CT molecular complexity index is 514. The van der Waals surface area contributed by atoms with Gasteiger partial charge in [0.05, 0.1) is 19.3 Å². The van der Waals surface area contributed by atoms with Crippen molar-refractivity contribution in [3.05, 3.63) is 0 Å². The van der Waals surface area contributed by atoms with Crippen LogP contribution in [0.5, 0.6) is 0 Å². The van der Waals surface area contributed by atoms with Crippen molar-refractivity contribution in [2.45, 2.75) is 155 Å². The van der Waals surface area contributed by atoms with Gasteiger partial charge < -0.3 is 19.5 Å². The highest BCUT2D eigenvalue weighted by atomic mass is 16.5. The number of aliphatic hydroxyl groups is 1. The summed E-state index contributed by atoms with van der Waals surface area (Å²) in [5, 5.41) is 9.37. The first-order valence-corrected chi connectivity index (χ1v) is 15.7. The Morgan fingerprint density at radius 3 is 1.73 bits per heavy atom. The molecule has 0 rings (SSSR count). The number of carbonyl (C=O) groups is 2. The maximum atomic E-state index is 12.1. The second kappa shape index (κ2) is 27.9. The zero-order valence-corrected chi connectivity index (χ0v) is 24.8. The molecule has 6 heteroatoms. The molecule has 0 saturated heterocycles. The molecule has 0 radical (unpaired) electrons. The summed E-state index contributed by atoms with van der Waals surface area (Å²) in [5.74, 6) is -0.103. The van der Waals surface area contributed by atoms with Crippen LogP contribution < -0.4 is 0 Å². The molecule has 0 aromatic rings. The SMILES string of the molecule is CCCCCCCCC(C)OC(=O)CCCCCCCN(CCO)CCCCCCCC(=O)OCCC. The maximum absolute atomic E-state index is 12.1. The third-order valence-corrected chi connectivity index (χ3v) is 6.89. The number of carbonyl (C=O) groups excluding carboxylic acids is 2. The van der Waals surface area contributed by atoms with Gasteiger partial charge in [-0.15, -0.1) is 0 Å². The van der Waals surface area contributed by atoms with E-state index in [-0.39, 0.29) is 24.6 Å². The molecular formula is C31H61NO5. The molecule has 0 amide bonds. The highest BCUT2D eigenvalue weighted by Gasteiger charge is 2.09. The molecule has 1 unspecified atom stereocenters. The third-order valence-electron chi connectivity index (χ3n) is 6.89. The average molecular weight is 528 g/mol. The second-order valence-electron chi connectivity index (χ2n) is 10.7. The van der Waals surface area contributed by atoms with E-state index in [0.717, 1.165) is 90.3 Å². The van der Waals surface area contributed by atoms with Crippen LogP contribution >= 0.6 is 0 Å². The number of unbranched alkanes of at least 4 members (excludes halogenated alkanes) is 13. The normalized spacial score (nSPS) is 12.1. The van der Waals surface area contributed by atoms with Crippen molar-refractivity contribution >= 4 is 11.9 Å². The highest BCUT2D eigenvalue weighted by molar-refractivity contribution is 5.69. The fraction of sp³-hybridized carbons (Fsp3) is 0.935. The van der Waals surface area contributed by atoms with Crippen molar-refractivity contribution < 1.29 is 24.2 Å². The van der Waals surface area contributed by atoms with Gasteiger partial charge in [-0.1, -0.05) is 84.5 Å². The van der Waals surface area contributed by atoms with Gasteiger partial charge >= 0.3 is 11.9 Å². The zero-order valence-electron chi connectivity index (χ0n) is 24.8. The average Bonchev–Trinajstić information content (AvgIpc) is 2.88. The fourth-order valence-electron chi connectivity index (χ4n) is 4.59. The fourth-order valence-corrected chi connectivity index (χ4v) is 4.59. The van der Waals surface area contributed by atoms with E-state index >= 15 is 0 Å². The monoisotopic (exact) mass is 527 g/mol. The Kier molecular flexibility index (Phi) is 27.0. The number of esters is 2. The maximum Gasteiger partial charge on any atom is 0.306 e. The highest BCUT2D eigenvalue weighted by Crippen LogP contribution is 2.13. The van der Waals surface area contributed by atoms with Gasteiger partial charge in [-0.3, -0.25) is 9.59 Å².